The molecule has 0 spiro atoms. The van der Waals surface area contributed by atoms with Gasteiger partial charge in [-0.15, -0.1) is 0 Å². The van der Waals surface area contributed by atoms with E-state index < -0.39 is 18.2 Å². The Morgan fingerprint density at radius 1 is 1.39 bits per heavy atom. The number of alkyl halides is 2. The summed E-state index contributed by atoms with van der Waals surface area (Å²) < 4.78 is 29.3. The number of carbonyl (C=O) groups is 1. The molecule has 0 atom stereocenters. The van der Waals surface area contributed by atoms with Gasteiger partial charge in [0.25, 0.3) is 0 Å². The third-order valence-electron chi connectivity index (χ3n) is 4.11. The number of urea groups is 1. The van der Waals surface area contributed by atoms with Gasteiger partial charge in [-0.3, -0.25) is 0 Å². The van der Waals surface area contributed by atoms with E-state index in [0.29, 0.717) is 5.56 Å². The maximum atomic E-state index is 12.4. The molecule has 5 nitrogen and oxygen atoms in total. The van der Waals surface area contributed by atoms with Crippen molar-refractivity contribution in [2.45, 2.75) is 51.3 Å². The van der Waals surface area contributed by atoms with Gasteiger partial charge in [-0.25, -0.2) is 4.79 Å². The largest absolute Gasteiger partial charge is 0.434 e. The number of aryl methyl sites for hydroxylation is 1. The summed E-state index contributed by atoms with van der Waals surface area (Å²) in [6.45, 7) is -1.13. The molecule has 0 saturated heterocycles. The van der Waals surface area contributed by atoms with Gasteiger partial charge in [-0.05, 0) is 25.8 Å². The zero-order valence-electron chi connectivity index (χ0n) is 13.1. The van der Waals surface area contributed by atoms with E-state index in [0.717, 1.165) is 31.2 Å². The van der Waals surface area contributed by atoms with E-state index >= 15 is 0 Å². The Labute approximate surface area is 134 Å². The number of aliphatic hydroxyl groups is 1. The highest BCUT2D eigenvalue weighted by Crippen LogP contribution is 2.29. The van der Waals surface area contributed by atoms with Gasteiger partial charge in [0.05, 0.1) is 12.1 Å². The Morgan fingerprint density at radius 3 is 2.70 bits per heavy atom. The second-order valence-corrected chi connectivity index (χ2v) is 5.94. The molecule has 3 N–H and O–H groups in total. The standard InChI is InChI=1S/C16H22F2N2O3/c1-11-4-5-13(23-14(17)18)12(8-11)9-19-15(22)20-16(10-21)6-2-3-7-16/h4-5,8,14,21H,2-3,6-7,9-10H2,1H3,(H2,19,20,22). The van der Waals surface area contributed by atoms with E-state index in [-0.39, 0.29) is 18.9 Å². The summed E-state index contributed by atoms with van der Waals surface area (Å²) in [5, 5.41) is 14.9. The number of aliphatic hydroxyl groups excluding tert-OH is 1. The van der Waals surface area contributed by atoms with Crippen LogP contribution in [-0.4, -0.2) is 29.9 Å². The van der Waals surface area contributed by atoms with Crippen LogP contribution in [0.5, 0.6) is 5.75 Å². The normalized spacial score (nSPS) is 16.4. The molecule has 1 saturated carbocycles. The van der Waals surface area contributed by atoms with Crippen LogP contribution in [0.25, 0.3) is 0 Å². The van der Waals surface area contributed by atoms with Gasteiger partial charge in [-0.1, -0.05) is 30.5 Å². The van der Waals surface area contributed by atoms with E-state index in [1.807, 2.05) is 6.92 Å². The fourth-order valence-corrected chi connectivity index (χ4v) is 2.89. The predicted octanol–water partition coefficient (Wildman–Crippen LogP) is 2.70. The molecule has 2 amide bonds. The van der Waals surface area contributed by atoms with Gasteiger partial charge in [0.15, 0.2) is 0 Å². The number of hydrogen-bond donors (Lipinski definition) is 3. The molecule has 2 rings (SSSR count). The Hall–Kier alpha value is -1.89. The van der Waals surface area contributed by atoms with E-state index in [1.54, 1.807) is 12.1 Å². The predicted molar refractivity (Wildman–Crippen MR) is 81.5 cm³/mol. The minimum atomic E-state index is -2.92. The van der Waals surface area contributed by atoms with Crippen molar-refractivity contribution in [3.8, 4) is 5.75 Å². The molecule has 0 aromatic heterocycles. The molecule has 1 fully saturated rings. The molecule has 1 aromatic rings. The van der Waals surface area contributed by atoms with E-state index in [9.17, 15) is 18.7 Å². The lowest BCUT2D eigenvalue weighted by Gasteiger charge is -2.28. The van der Waals surface area contributed by atoms with Gasteiger partial charge in [-0.2, -0.15) is 8.78 Å². The number of rotatable bonds is 6. The van der Waals surface area contributed by atoms with Crippen LogP contribution in [0.1, 0.15) is 36.8 Å². The molecule has 7 heteroatoms. The van der Waals surface area contributed by atoms with Crippen molar-refractivity contribution in [2.75, 3.05) is 6.61 Å². The highest BCUT2D eigenvalue weighted by atomic mass is 19.3. The first kappa shape index (κ1) is 17.5. The minimum absolute atomic E-state index is 0.0450. The molecule has 128 valence electrons. The summed E-state index contributed by atoms with van der Waals surface area (Å²) in [7, 11) is 0. The van der Waals surface area contributed by atoms with Gasteiger partial charge >= 0.3 is 12.6 Å². The fourth-order valence-electron chi connectivity index (χ4n) is 2.89. The van der Waals surface area contributed by atoms with Gasteiger partial charge in [0.2, 0.25) is 0 Å². The summed E-state index contributed by atoms with van der Waals surface area (Å²) in [6.07, 6.45) is 3.40. The van der Waals surface area contributed by atoms with Crippen LogP contribution in [0, 0.1) is 6.92 Å². The van der Waals surface area contributed by atoms with Crippen molar-refractivity contribution >= 4 is 6.03 Å². The Bertz CT molecular complexity index is 546. The lowest BCUT2D eigenvalue weighted by atomic mass is 9.99. The first-order valence-corrected chi connectivity index (χ1v) is 7.65. The Balaban J connectivity index is 1.97. The summed E-state index contributed by atoms with van der Waals surface area (Å²) in [6, 6.07) is 4.39. The average molecular weight is 328 g/mol. The number of carbonyl (C=O) groups excluding carboxylic acids is 1. The molecule has 1 aliphatic rings. The lowest BCUT2D eigenvalue weighted by molar-refractivity contribution is -0.0504. The van der Waals surface area contributed by atoms with Gasteiger partial charge in [0.1, 0.15) is 5.75 Å². The second-order valence-electron chi connectivity index (χ2n) is 5.94. The van der Waals surface area contributed by atoms with Crippen LogP contribution in [0.4, 0.5) is 13.6 Å². The molecular formula is C16H22F2N2O3. The maximum absolute atomic E-state index is 12.4. The molecular weight excluding hydrogens is 306 g/mol. The quantitative estimate of drug-likeness (QED) is 0.752. The van der Waals surface area contributed by atoms with E-state index in [4.69, 9.17) is 0 Å². The maximum Gasteiger partial charge on any atom is 0.387 e. The molecule has 0 bridgehead atoms. The summed E-state index contributed by atoms with van der Waals surface area (Å²) in [5.41, 5.74) is 0.787. The minimum Gasteiger partial charge on any atom is -0.434 e. The van der Waals surface area contributed by atoms with Crippen molar-refractivity contribution in [3.05, 3.63) is 29.3 Å². The van der Waals surface area contributed by atoms with Crippen molar-refractivity contribution in [2.24, 2.45) is 0 Å². The molecule has 0 aliphatic heterocycles. The number of amides is 2. The molecule has 0 radical (unpaired) electrons. The SMILES string of the molecule is Cc1ccc(OC(F)F)c(CNC(=O)NC2(CO)CCCC2)c1. The fraction of sp³-hybridized carbons (Fsp3) is 0.562. The third kappa shape index (κ3) is 4.79. The van der Waals surface area contributed by atoms with Crippen LogP contribution in [0.15, 0.2) is 18.2 Å². The topological polar surface area (TPSA) is 70.6 Å². The van der Waals surface area contributed by atoms with E-state index in [1.165, 1.54) is 6.07 Å². The number of hydrogen-bond acceptors (Lipinski definition) is 3. The summed E-state index contributed by atoms with van der Waals surface area (Å²) in [5.74, 6) is 0.0450. The molecule has 0 heterocycles. The highest BCUT2D eigenvalue weighted by Gasteiger charge is 2.34. The van der Waals surface area contributed by atoms with Crippen LogP contribution in [0.2, 0.25) is 0 Å². The number of halogens is 2. The Kier molecular flexibility index (Phi) is 5.76. The lowest BCUT2D eigenvalue weighted by Crippen LogP contribution is -2.52. The molecule has 1 aliphatic carbocycles. The smallest absolute Gasteiger partial charge is 0.387 e. The second kappa shape index (κ2) is 7.59. The van der Waals surface area contributed by atoms with Crippen molar-refractivity contribution in [1.82, 2.24) is 10.6 Å². The summed E-state index contributed by atoms with van der Waals surface area (Å²) in [4.78, 5) is 12.0. The summed E-state index contributed by atoms with van der Waals surface area (Å²) >= 11 is 0. The molecule has 0 unspecified atom stereocenters. The van der Waals surface area contributed by atoms with Crippen LogP contribution >= 0.6 is 0 Å². The zero-order chi connectivity index (χ0) is 16.9. The average Bonchev–Trinajstić information content (AvgIpc) is 2.96. The number of ether oxygens (including phenoxy) is 1. The van der Waals surface area contributed by atoms with Gasteiger partial charge in [0, 0.05) is 12.1 Å². The van der Waals surface area contributed by atoms with Crippen LogP contribution < -0.4 is 15.4 Å². The molecule has 1 aromatic carbocycles. The van der Waals surface area contributed by atoms with Crippen LogP contribution in [-0.2, 0) is 6.54 Å². The zero-order valence-corrected chi connectivity index (χ0v) is 13.1. The number of nitrogens with one attached hydrogen (secondary N) is 2. The van der Waals surface area contributed by atoms with Gasteiger partial charge < -0.3 is 20.5 Å². The highest BCUT2D eigenvalue weighted by molar-refractivity contribution is 5.75. The van der Waals surface area contributed by atoms with E-state index in [2.05, 4.69) is 15.4 Å². The first-order valence-electron chi connectivity index (χ1n) is 7.65. The first-order chi connectivity index (χ1) is 10.9. The van der Waals surface area contributed by atoms with Crippen molar-refractivity contribution in [3.63, 3.8) is 0 Å². The van der Waals surface area contributed by atoms with Crippen molar-refractivity contribution in [1.29, 1.82) is 0 Å². The monoisotopic (exact) mass is 328 g/mol. The van der Waals surface area contributed by atoms with Crippen molar-refractivity contribution < 1.29 is 23.4 Å². The molecule has 23 heavy (non-hydrogen) atoms. The third-order valence-corrected chi connectivity index (χ3v) is 4.11. The van der Waals surface area contributed by atoms with Crippen LogP contribution in [0.3, 0.4) is 0 Å². The number of benzene rings is 1. The Morgan fingerprint density at radius 2 is 2.09 bits per heavy atom.